The zero-order chi connectivity index (χ0) is 14.7. The molecule has 1 unspecified atom stereocenters. The average molecular weight is 275 g/mol. The highest BCUT2D eigenvalue weighted by atomic mass is 19.2. The molecular weight excluding hydrogens is 260 g/mol. The highest BCUT2D eigenvalue weighted by Crippen LogP contribution is 2.22. The number of carbonyl (C=O) groups is 1. The Morgan fingerprint density at radius 1 is 1.10 bits per heavy atom. The number of anilines is 1. The molecule has 0 spiro atoms. The number of ketones is 1. The largest absolute Gasteiger partial charge is 0.399 e. The molecule has 2 N–H and O–H groups in total. The molecule has 2 aromatic rings. The highest BCUT2D eigenvalue weighted by Gasteiger charge is 2.14. The van der Waals surface area contributed by atoms with Gasteiger partial charge in [0, 0.05) is 17.7 Å². The lowest BCUT2D eigenvalue weighted by atomic mass is 9.93. The normalized spacial score (nSPS) is 12.2. The van der Waals surface area contributed by atoms with Gasteiger partial charge in [0.15, 0.2) is 17.4 Å². The van der Waals surface area contributed by atoms with E-state index >= 15 is 0 Å². The van der Waals surface area contributed by atoms with Gasteiger partial charge in [0.05, 0.1) is 0 Å². The molecule has 2 aromatic carbocycles. The Hall–Kier alpha value is -2.23. The zero-order valence-corrected chi connectivity index (χ0v) is 11.1. The van der Waals surface area contributed by atoms with Crippen molar-refractivity contribution in [1.29, 1.82) is 0 Å². The van der Waals surface area contributed by atoms with Gasteiger partial charge < -0.3 is 5.73 Å². The summed E-state index contributed by atoms with van der Waals surface area (Å²) in [4.78, 5) is 12.0. The predicted octanol–water partition coefficient (Wildman–Crippen LogP) is 3.92. The van der Waals surface area contributed by atoms with E-state index in [-0.39, 0.29) is 23.7 Å². The molecule has 1 atom stereocenters. The van der Waals surface area contributed by atoms with Gasteiger partial charge in [0.25, 0.3) is 0 Å². The van der Waals surface area contributed by atoms with Gasteiger partial charge in [0.2, 0.25) is 0 Å². The molecule has 20 heavy (non-hydrogen) atoms. The van der Waals surface area contributed by atoms with Crippen LogP contribution in [0.15, 0.2) is 42.5 Å². The first kappa shape index (κ1) is 14.2. The number of hydrogen-bond donors (Lipinski definition) is 1. The molecule has 4 heteroatoms. The molecule has 0 bridgehead atoms. The standard InChI is InChI=1S/C16H15F2NO/c1-10(11-2-5-13(19)6-3-11)8-16(20)12-4-7-14(17)15(18)9-12/h2-7,9-10H,8,19H2,1H3. The van der Waals surface area contributed by atoms with Crippen LogP contribution in [0.5, 0.6) is 0 Å². The molecule has 104 valence electrons. The van der Waals surface area contributed by atoms with E-state index in [2.05, 4.69) is 0 Å². The van der Waals surface area contributed by atoms with Gasteiger partial charge in [-0.05, 0) is 41.8 Å². The summed E-state index contributed by atoms with van der Waals surface area (Å²) in [6.07, 6.45) is 0.231. The Morgan fingerprint density at radius 2 is 1.75 bits per heavy atom. The second kappa shape index (κ2) is 5.82. The predicted molar refractivity (Wildman–Crippen MR) is 74.6 cm³/mol. The summed E-state index contributed by atoms with van der Waals surface area (Å²) < 4.78 is 25.9. The minimum atomic E-state index is -1.00. The topological polar surface area (TPSA) is 43.1 Å². The van der Waals surface area contributed by atoms with Crippen molar-refractivity contribution in [2.24, 2.45) is 0 Å². The van der Waals surface area contributed by atoms with E-state index in [4.69, 9.17) is 5.73 Å². The van der Waals surface area contributed by atoms with Crippen LogP contribution < -0.4 is 5.73 Å². The number of Topliss-reactive ketones (excluding diaryl/α,β-unsaturated/α-hetero) is 1. The molecule has 0 aromatic heterocycles. The van der Waals surface area contributed by atoms with Gasteiger partial charge in [-0.3, -0.25) is 4.79 Å². The molecule has 0 aliphatic heterocycles. The van der Waals surface area contributed by atoms with Gasteiger partial charge >= 0.3 is 0 Å². The van der Waals surface area contributed by atoms with Crippen LogP contribution in [0.3, 0.4) is 0 Å². The molecule has 0 heterocycles. The fourth-order valence-electron chi connectivity index (χ4n) is 2.01. The van der Waals surface area contributed by atoms with E-state index < -0.39 is 11.6 Å². The summed E-state index contributed by atoms with van der Waals surface area (Å²) in [6, 6.07) is 10.5. The van der Waals surface area contributed by atoms with Crippen LogP contribution in [0.1, 0.15) is 35.2 Å². The van der Waals surface area contributed by atoms with Gasteiger partial charge in [0.1, 0.15) is 0 Å². The van der Waals surface area contributed by atoms with Crippen molar-refractivity contribution in [3.8, 4) is 0 Å². The molecule has 2 nitrogen and oxygen atoms in total. The quantitative estimate of drug-likeness (QED) is 0.678. The van der Waals surface area contributed by atoms with Crippen LogP contribution in [0.2, 0.25) is 0 Å². The molecule has 0 aliphatic carbocycles. The van der Waals surface area contributed by atoms with Crippen LogP contribution in [-0.4, -0.2) is 5.78 Å². The lowest BCUT2D eigenvalue weighted by Crippen LogP contribution is -2.06. The second-order valence-electron chi connectivity index (χ2n) is 4.82. The molecule has 0 saturated carbocycles. The van der Waals surface area contributed by atoms with Crippen molar-refractivity contribution in [2.75, 3.05) is 5.73 Å². The summed E-state index contributed by atoms with van der Waals surface area (Å²) in [5.41, 5.74) is 7.43. The monoisotopic (exact) mass is 275 g/mol. The van der Waals surface area contributed by atoms with Gasteiger partial charge in [-0.25, -0.2) is 8.78 Å². The van der Waals surface area contributed by atoms with Crippen LogP contribution in [0.25, 0.3) is 0 Å². The van der Waals surface area contributed by atoms with E-state index in [1.807, 2.05) is 19.1 Å². The van der Waals surface area contributed by atoms with Crippen LogP contribution in [0.4, 0.5) is 14.5 Å². The maximum absolute atomic E-state index is 13.1. The molecule has 0 fully saturated rings. The number of carbonyl (C=O) groups excluding carboxylic acids is 1. The SMILES string of the molecule is CC(CC(=O)c1ccc(F)c(F)c1)c1ccc(N)cc1. The summed E-state index contributed by atoms with van der Waals surface area (Å²) in [6.45, 7) is 1.91. The fourth-order valence-corrected chi connectivity index (χ4v) is 2.01. The molecule has 2 rings (SSSR count). The summed E-state index contributed by atoms with van der Waals surface area (Å²) in [5, 5.41) is 0. The lowest BCUT2D eigenvalue weighted by Gasteiger charge is -2.11. The number of rotatable bonds is 4. The first-order valence-electron chi connectivity index (χ1n) is 6.31. The number of benzene rings is 2. The number of nitrogen functional groups attached to an aromatic ring is 1. The van der Waals surface area contributed by atoms with Crippen molar-refractivity contribution < 1.29 is 13.6 Å². The van der Waals surface area contributed by atoms with E-state index in [0.717, 1.165) is 17.7 Å². The third kappa shape index (κ3) is 3.20. The molecule has 0 radical (unpaired) electrons. The smallest absolute Gasteiger partial charge is 0.163 e. The van der Waals surface area contributed by atoms with E-state index in [1.54, 1.807) is 12.1 Å². The van der Waals surface area contributed by atoms with Crippen molar-refractivity contribution in [3.63, 3.8) is 0 Å². The van der Waals surface area contributed by atoms with E-state index in [9.17, 15) is 13.6 Å². The van der Waals surface area contributed by atoms with E-state index in [0.29, 0.717) is 5.69 Å². The maximum Gasteiger partial charge on any atom is 0.163 e. The highest BCUT2D eigenvalue weighted by molar-refractivity contribution is 5.96. The fraction of sp³-hybridized carbons (Fsp3) is 0.188. The van der Waals surface area contributed by atoms with Gasteiger partial charge in [-0.2, -0.15) is 0 Å². The molecular formula is C16H15F2NO. The third-order valence-electron chi connectivity index (χ3n) is 3.24. The van der Waals surface area contributed by atoms with Gasteiger partial charge in [-0.1, -0.05) is 19.1 Å². The first-order valence-corrected chi connectivity index (χ1v) is 6.31. The molecule has 0 saturated heterocycles. The molecule has 0 amide bonds. The maximum atomic E-state index is 13.1. The second-order valence-corrected chi connectivity index (χ2v) is 4.82. The van der Waals surface area contributed by atoms with E-state index in [1.165, 1.54) is 6.07 Å². The van der Waals surface area contributed by atoms with Gasteiger partial charge in [-0.15, -0.1) is 0 Å². The summed E-state index contributed by atoms with van der Waals surface area (Å²) in [7, 11) is 0. The molecule has 0 aliphatic rings. The van der Waals surface area contributed by atoms with Crippen molar-refractivity contribution in [3.05, 3.63) is 65.2 Å². The Balaban J connectivity index is 2.10. The van der Waals surface area contributed by atoms with Crippen molar-refractivity contribution in [2.45, 2.75) is 19.3 Å². The average Bonchev–Trinajstić information content (AvgIpc) is 2.42. The number of halogens is 2. The third-order valence-corrected chi connectivity index (χ3v) is 3.24. The minimum Gasteiger partial charge on any atom is -0.399 e. The number of hydrogen-bond acceptors (Lipinski definition) is 2. The van der Waals surface area contributed by atoms with Crippen LogP contribution in [-0.2, 0) is 0 Å². The zero-order valence-electron chi connectivity index (χ0n) is 11.1. The Labute approximate surface area is 116 Å². The Morgan fingerprint density at radius 3 is 2.35 bits per heavy atom. The number of nitrogens with two attached hydrogens (primary N) is 1. The van der Waals surface area contributed by atoms with Crippen molar-refractivity contribution >= 4 is 11.5 Å². The summed E-state index contributed by atoms with van der Waals surface area (Å²) >= 11 is 0. The first-order chi connectivity index (χ1) is 9.47. The van der Waals surface area contributed by atoms with Crippen LogP contribution >= 0.6 is 0 Å². The minimum absolute atomic E-state index is 0.0174. The lowest BCUT2D eigenvalue weighted by molar-refractivity contribution is 0.0975. The van der Waals surface area contributed by atoms with Crippen molar-refractivity contribution in [1.82, 2.24) is 0 Å². The Kier molecular flexibility index (Phi) is 4.13. The van der Waals surface area contributed by atoms with Crippen LogP contribution in [0, 0.1) is 11.6 Å². The summed E-state index contributed by atoms with van der Waals surface area (Å²) in [5.74, 6) is -2.19. The Bertz CT molecular complexity index is 623.